The summed E-state index contributed by atoms with van der Waals surface area (Å²) in [4.78, 5) is 4.63. The first-order valence-corrected chi connectivity index (χ1v) is 8.62. The van der Waals surface area contributed by atoms with E-state index in [4.69, 9.17) is 9.47 Å². The van der Waals surface area contributed by atoms with Gasteiger partial charge < -0.3 is 25.2 Å². The van der Waals surface area contributed by atoms with Crippen LogP contribution in [0.1, 0.15) is 31.0 Å². The van der Waals surface area contributed by atoms with Gasteiger partial charge in [0.2, 0.25) is 5.75 Å². The number of rotatable bonds is 7. The minimum absolute atomic E-state index is 0.00883. The number of phenolic OH excluding ortho intramolecular Hbond substituents is 1. The third kappa shape index (κ3) is 5.05. The minimum Gasteiger partial charge on any atom is -0.502 e. The normalized spacial score (nSPS) is 12.4. The van der Waals surface area contributed by atoms with Gasteiger partial charge in [0.15, 0.2) is 17.5 Å². The molecule has 1 unspecified atom stereocenters. The number of benzene rings is 2. The number of aliphatic imine (C=N–C) groups is 1. The number of guanidine groups is 1. The highest BCUT2D eigenvalue weighted by Gasteiger charge is 2.12. The fourth-order valence-electron chi connectivity index (χ4n) is 2.56. The molecule has 0 saturated carbocycles. The standard InChI is InChI=1S/C20H27N3O3/c1-5-21-20(23-14(2)16-9-7-6-8-10-16)22-13-15-11-17(25-3)19(24)18(12-15)26-4/h6-12,14,24H,5,13H2,1-4H3,(H2,21,22,23). The van der Waals surface area contributed by atoms with E-state index in [1.54, 1.807) is 12.1 Å². The number of nitrogens with zero attached hydrogens (tertiary/aromatic N) is 1. The van der Waals surface area contributed by atoms with Crippen LogP contribution >= 0.6 is 0 Å². The number of methoxy groups -OCH3 is 2. The first kappa shape index (κ1) is 19.4. The molecule has 0 aromatic heterocycles. The molecule has 0 bridgehead atoms. The minimum atomic E-state index is -0.00883. The molecule has 0 spiro atoms. The fraction of sp³-hybridized carbons (Fsp3) is 0.350. The molecule has 0 aliphatic carbocycles. The van der Waals surface area contributed by atoms with Crippen LogP contribution in [0.4, 0.5) is 0 Å². The van der Waals surface area contributed by atoms with E-state index in [2.05, 4.69) is 34.7 Å². The number of ether oxygens (including phenoxy) is 2. The average molecular weight is 357 g/mol. The molecule has 2 rings (SSSR count). The SMILES string of the molecule is CCNC(=NCc1cc(OC)c(O)c(OC)c1)NC(C)c1ccccc1. The van der Waals surface area contributed by atoms with Gasteiger partial charge in [-0.2, -0.15) is 0 Å². The Kier molecular flexibility index (Phi) is 7.14. The van der Waals surface area contributed by atoms with Crippen LogP contribution in [0.25, 0.3) is 0 Å². The van der Waals surface area contributed by atoms with Crippen LogP contribution in [0.15, 0.2) is 47.5 Å². The largest absolute Gasteiger partial charge is 0.502 e. The predicted octanol–water partition coefficient (Wildman–Crippen LogP) is 3.23. The molecule has 0 aliphatic rings. The number of hydrogen-bond acceptors (Lipinski definition) is 4. The Labute approximate surface area is 154 Å². The summed E-state index contributed by atoms with van der Waals surface area (Å²) in [5.41, 5.74) is 2.06. The van der Waals surface area contributed by atoms with Crippen LogP contribution < -0.4 is 20.1 Å². The van der Waals surface area contributed by atoms with Crippen molar-refractivity contribution >= 4 is 5.96 Å². The molecule has 140 valence electrons. The summed E-state index contributed by atoms with van der Waals surface area (Å²) >= 11 is 0. The summed E-state index contributed by atoms with van der Waals surface area (Å²) < 4.78 is 10.4. The molecule has 3 N–H and O–H groups in total. The van der Waals surface area contributed by atoms with Gasteiger partial charge in [0.05, 0.1) is 26.8 Å². The van der Waals surface area contributed by atoms with Crippen LogP contribution in [0.2, 0.25) is 0 Å². The van der Waals surface area contributed by atoms with Gasteiger partial charge in [-0.25, -0.2) is 4.99 Å². The van der Waals surface area contributed by atoms with E-state index in [0.29, 0.717) is 18.0 Å². The third-order valence-corrected chi connectivity index (χ3v) is 3.96. The highest BCUT2D eigenvalue weighted by atomic mass is 16.5. The summed E-state index contributed by atoms with van der Waals surface area (Å²) in [6.45, 7) is 5.30. The Morgan fingerprint density at radius 1 is 1.12 bits per heavy atom. The monoisotopic (exact) mass is 357 g/mol. The summed E-state index contributed by atoms with van der Waals surface area (Å²) in [7, 11) is 3.02. The second-order valence-electron chi connectivity index (χ2n) is 5.82. The quantitative estimate of drug-likeness (QED) is 0.524. The first-order valence-electron chi connectivity index (χ1n) is 8.62. The van der Waals surface area contributed by atoms with E-state index in [1.165, 1.54) is 19.8 Å². The van der Waals surface area contributed by atoms with Gasteiger partial charge in [0.25, 0.3) is 0 Å². The van der Waals surface area contributed by atoms with Crippen LogP contribution in [0, 0.1) is 0 Å². The van der Waals surface area contributed by atoms with Crippen molar-refractivity contribution in [1.82, 2.24) is 10.6 Å². The van der Waals surface area contributed by atoms with Crippen molar-refractivity contribution in [2.45, 2.75) is 26.4 Å². The van der Waals surface area contributed by atoms with Crippen molar-refractivity contribution in [3.63, 3.8) is 0 Å². The second kappa shape index (κ2) is 9.56. The number of nitrogens with one attached hydrogen (secondary N) is 2. The van der Waals surface area contributed by atoms with Crippen molar-refractivity contribution in [3.05, 3.63) is 53.6 Å². The molecule has 6 nitrogen and oxygen atoms in total. The highest BCUT2D eigenvalue weighted by molar-refractivity contribution is 5.80. The Morgan fingerprint density at radius 2 is 1.73 bits per heavy atom. The molecule has 0 heterocycles. The molecule has 26 heavy (non-hydrogen) atoms. The maximum absolute atomic E-state index is 10.0. The zero-order valence-corrected chi connectivity index (χ0v) is 15.7. The summed E-state index contributed by atoms with van der Waals surface area (Å²) in [6, 6.07) is 13.8. The van der Waals surface area contributed by atoms with E-state index in [0.717, 1.165) is 18.1 Å². The van der Waals surface area contributed by atoms with Gasteiger partial charge in [0, 0.05) is 6.54 Å². The molecular weight excluding hydrogens is 330 g/mol. The third-order valence-electron chi connectivity index (χ3n) is 3.96. The number of phenols is 1. The lowest BCUT2D eigenvalue weighted by Gasteiger charge is -2.18. The van der Waals surface area contributed by atoms with E-state index in [-0.39, 0.29) is 11.8 Å². The molecule has 6 heteroatoms. The lowest BCUT2D eigenvalue weighted by atomic mass is 10.1. The smallest absolute Gasteiger partial charge is 0.200 e. The van der Waals surface area contributed by atoms with Crippen molar-refractivity contribution < 1.29 is 14.6 Å². The molecule has 0 radical (unpaired) electrons. The Balaban J connectivity index is 2.16. The van der Waals surface area contributed by atoms with Gasteiger partial charge >= 0.3 is 0 Å². The lowest BCUT2D eigenvalue weighted by molar-refractivity contribution is 0.339. The Hall–Kier alpha value is -2.89. The summed E-state index contributed by atoms with van der Waals surface area (Å²) in [5.74, 6) is 1.44. The Bertz CT molecular complexity index is 707. The first-order chi connectivity index (χ1) is 12.6. The lowest BCUT2D eigenvalue weighted by Crippen LogP contribution is -2.38. The van der Waals surface area contributed by atoms with E-state index in [1.807, 2.05) is 25.1 Å². The van der Waals surface area contributed by atoms with Gasteiger partial charge in [-0.1, -0.05) is 30.3 Å². The van der Waals surface area contributed by atoms with E-state index in [9.17, 15) is 5.11 Å². The molecule has 0 amide bonds. The Morgan fingerprint density at radius 3 is 2.27 bits per heavy atom. The summed E-state index contributed by atoms with van der Waals surface area (Å²) in [5, 5.41) is 16.7. The zero-order chi connectivity index (χ0) is 18.9. The van der Waals surface area contributed by atoms with Gasteiger partial charge in [-0.05, 0) is 37.1 Å². The van der Waals surface area contributed by atoms with Crippen LogP contribution in [0.5, 0.6) is 17.2 Å². The molecule has 0 aliphatic heterocycles. The molecule has 0 fully saturated rings. The zero-order valence-electron chi connectivity index (χ0n) is 15.7. The van der Waals surface area contributed by atoms with Crippen molar-refractivity contribution in [2.24, 2.45) is 4.99 Å². The second-order valence-corrected chi connectivity index (χ2v) is 5.82. The van der Waals surface area contributed by atoms with Crippen LogP contribution in [-0.2, 0) is 6.54 Å². The van der Waals surface area contributed by atoms with Crippen molar-refractivity contribution in [3.8, 4) is 17.2 Å². The molecule has 0 saturated heterocycles. The van der Waals surface area contributed by atoms with Crippen molar-refractivity contribution in [1.29, 1.82) is 0 Å². The fourth-order valence-corrected chi connectivity index (χ4v) is 2.56. The van der Waals surface area contributed by atoms with Crippen LogP contribution in [0.3, 0.4) is 0 Å². The number of hydrogen-bond donors (Lipinski definition) is 3. The molecule has 1 atom stereocenters. The predicted molar refractivity (Wildman–Crippen MR) is 104 cm³/mol. The maximum atomic E-state index is 10.0. The highest BCUT2D eigenvalue weighted by Crippen LogP contribution is 2.37. The maximum Gasteiger partial charge on any atom is 0.200 e. The number of aromatic hydroxyl groups is 1. The van der Waals surface area contributed by atoms with Gasteiger partial charge in [-0.3, -0.25) is 0 Å². The summed E-state index contributed by atoms with van der Waals surface area (Å²) in [6.07, 6.45) is 0. The van der Waals surface area contributed by atoms with Gasteiger partial charge in [0.1, 0.15) is 0 Å². The topological polar surface area (TPSA) is 75.1 Å². The van der Waals surface area contributed by atoms with Crippen molar-refractivity contribution in [2.75, 3.05) is 20.8 Å². The van der Waals surface area contributed by atoms with E-state index < -0.39 is 0 Å². The van der Waals surface area contributed by atoms with Crippen LogP contribution in [-0.4, -0.2) is 31.8 Å². The average Bonchev–Trinajstić information content (AvgIpc) is 2.67. The van der Waals surface area contributed by atoms with Gasteiger partial charge in [-0.15, -0.1) is 0 Å². The molecule has 2 aromatic rings. The molecule has 2 aromatic carbocycles. The van der Waals surface area contributed by atoms with E-state index >= 15 is 0 Å². The molecular formula is C20H27N3O3.